The Hall–Kier alpha value is -0.0600. The van der Waals surface area contributed by atoms with Gasteiger partial charge in [-0.1, -0.05) is 20.8 Å². The summed E-state index contributed by atoms with van der Waals surface area (Å²) in [7, 11) is 1.99. The Morgan fingerprint density at radius 1 is 1.47 bits per heavy atom. The lowest BCUT2D eigenvalue weighted by Crippen LogP contribution is -2.05. The Morgan fingerprint density at radius 3 is 2.73 bits per heavy atom. The minimum atomic E-state index is 0.687. The van der Waals surface area contributed by atoms with E-state index in [1.54, 1.807) is 0 Å². The minimum Gasteiger partial charge on any atom is -0.315 e. The first-order valence-electron chi connectivity index (χ1n) is 5.41. The summed E-state index contributed by atoms with van der Waals surface area (Å²) in [4.78, 5) is 6.08. The van der Waals surface area contributed by atoms with E-state index < -0.39 is 0 Å². The zero-order chi connectivity index (χ0) is 11.3. The predicted molar refractivity (Wildman–Crippen MR) is 70.7 cm³/mol. The van der Waals surface area contributed by atoms with Crippen LogP contribution in [0.5, 0.6) is 0 Å². The minimum absolute atomic E-state index is 0.687. The lowest BCUT2D eigenvalue weighted by Gasteiger charge is -2.00. The Kier molecular flexibility index (Phi) is 5.64. The summed E-state index contributed by atoms with van der Waals surface area (Å²) in [6.45, 7) is 7.59. The van der Waals surface area contributed by atoms with Crippen molar-refractivity contribution in [2.24, 2.45) is 0 Å². The summed E-state index contributed by atoms with van der Waals surface area (Å²) in [6, 6.07) is 0. The van der Waals surface area contributed by atoms with Gasteiger partial charge in [0.25, 0.3) is 0 Å². The third-order valence-electron chi connectivity index (χ3n) is 2.03. The smallest absolute Gasteiger partial charge is 0.103 e. The van der Waals surface area contributed by atoms with Crippen LogP contribution in [0.4, 0.5) is 0 Å². The fourth-order valence-corrected chi connectivity index (χ4v) is 3.26. The van der Waals surface area contributed by atoms with E-state index in [1.807, 2.05) is 30.1 Å². The SMILES string of the molecule is CCc1nc(CSC(C)C)sc1CNC. The predicted octanol–water partition coefficient (Wildman–Crippen LogP) is 3.07. The Labute approximate surface area is 101 Å². The second-order valence-corrected chi connectivity index (χ2v) is 6.45. The molecule has 0 fully saturated rings. The van der Waals surface area contributed by atoms with Gasteiger partial charge in [0.1, 0.15) is 5.01 Å². The molecule has 0 aliphatic carbocycles. The average molecular weight is 244 g/mol. The fraction of sp³-hybridized carbons (Fsp3) is 0.727. The molecule has 1 heterocycles. The van der Waals surface area contributed by atoms with Gasteiger partial charge >= 0.3 is 0 Å². The highest BCUT2D eigenvalue weighted by atomic mass is 32.2. The second kappa shape index (κ2) is 6.51. The van der Waals surface area contributed by atoms with Gasteiger partial charge in [0, 0.05) is 17.2 Å². The molecule has 0 aliphatic heterocycles. The molecular weight excluding hydrogens is 224 g/mol. The molecule has 86 valence electrons. The molecule has 0 unspecified atom stereocenters. The summed E-state index contributed by atoms with van der Waals surface area (Å²) in [5.74, 6) is 1.05. The Balaban J connectivity index is 2.65. The standard InChI is InChI=1S/C11H20N2S2/c1-5-9-10(6-12-4)15-11(13-9)7-14-8(2)3/h8,12H,5-7H2,1-4H3. The lowest BCUT2D eigenvalue weighted by atomic mass is 10.3. The topological polar surface area (TPSA) is 24.9 Å². The van der Waals surface area contributed by atoms with Crippen LogP contribution in [-0.4, -0.2) is 17.3 Å². The Bertz CT molecular complexity index is 295. The average Bonchev–Trinajstić information content (AvgIpc) is 2.58. The number of thioether (sulfide) groups is 1. The summed E-state index contributed by atoms with van der Waals surface area (Å²) in [6.07, 6.45) is 1.04. The van der Waals surface area contributed by atoms with Crippen molar-refractivity contribution in [3.05, 3.63) is 15.6 Å². The summed E-state index contributed by atoms with van der Waals surface area (Å²) in [5.41, 5.74) is 1.27. The van der Waals surface area contributed by atoms with E-state index in [-0.39, 0.29) is 0 Å². The molecule has 0 aromatic carbocycles. The van der Waals surface area contributed by atoms with Crippen molar-refractivity contribution in [1.82, 2.24) is 10.3 Å². The van der Waals surface area contributed by atoms with Crippen LogP contribution in [0.1, 0.15) is 36.3 Å². The normalized spacial score (nSPS) is 11.3. The van der Waals surface area contributed by atoms with Gasteiger partial charge in [-0.05, 0) is 18.7 Å². The number of rotatable bonds is 6. The van der Waals surface area contributed by atoms with Crippen LogP contribution in [-0.2, 0) is 18.7 Å². The number of hydrogen-bond donors (Lipinski definition) is 1. The van der Waals surface area contributed by atoms with Gasteiger partial charge in [-0.3, -0.25) is 0 Å². The van der Waals surface area contributed by atoms with Crippen molar-refractivity contribution in [3.8, 4) is 0 Å². The van der Waals surface area contributed by atoms with E-state index in [9.17, 15) is 0 Å². The molecule has 1 N–H and O–H groups in total. The first-order valence-corrected chi connectivity index (χ1v) is 7.27. The van der Waals surface area contributed by atoms with Gasteiger partial charge in [0.05, 0.1) is 5.69 Å². The van der Waals surface area contributed by atoms with Crippen molar-refractivity contribution in [3.63, 3.8) is 0 Å². The molecule has 15 heavy (non-hydrogen) atoms. The van der Waals surface area contributed by atoms with E-state index in [4.69, 9.17) is 0 Å². The van der Waals surface area contributed by atoms with Gasteiger partial charge < -0.3 is 5.32 Å². The lowest BCUT2D eigenvalue weighted by molar-refractivity contribution is 0.814. The number of hydrogen-bond acceptors (Lipinski definition) is 4. The first kappa shape index (κ1) is 13.0. The van der Waals surface area contributed by atoms with Crippen molar-refractivity contribution in [1.29, 1.82) is 0 Å². The molecule has 1 aromatic heterocycles. The highest BCUT2D eigenvalue weighted by molar-refractivity contribution is 7.99. The maximum Gasteiger partial charge on any atom is 0.103 e. The molecule has 0 saturated heterocycles. The molecule has 0 amide bonds. The van der Waals surface area contributed by atoms with Crippen molar-refractivity contribution >= 4 is 23.1 Å². The van der Waals surface area contributed by atoms with Gasteiger partial charge in [-0.2, -0.15) is 11.8 Å². The van der Waals surface area contributed by atoms with Gasteiger partial charge in [0.15, 0.2) is 0 Å². The molecule has 0 radical (unpaired) electrons. The monoisotopic (exact) mass is 244 g/mol. The highest BCUT2D eigenvalue weighted by Gasteiger charge is 2.09. The Morgan fingerprint density at radius 2 is 2.20 bits per heavy atom. The van der Waals surface area contributed by atoms with E-state index in [2.05, 4.69) is 31.1 Å². The van der Waals surface area contributed by atoms with Crippen molar-refractivity contribution in [2.45, 2.75) is 44.7 Å². The first-order chi connectivity index (χ1) is 7.17. The number of nitrogens with one attached hydrogen (secondary N) is 1. The zero-order valence-corrected chi connectivity index (χ0v) is 11.6. The highest BCUT2D eigenvalue weighted by Crippen LogP contribution is 2.24. The number of aromatic nitrogens is 1. The molecule has 4 heteroatoms. The van der Waals surface area contributed by atoms with Crippen molar-refractivity contribution < 1.29 is 0 Å². The molecule has 0 bridgehead atoms. The molecule has 2 nitrogen and oxygen atoms in total. The molecule has 1 rings (SSSR count). The van der Waals surface area contributed by atoms with Crippen LogP contribution in [0.15, 0.2) is 0 Å². The van der Waals surface area contributed by atoms with Gasteiger partial charge in [-0.15, -0.1) is 11.3 Å². The molecule has 0 saturated carbocycles. The quantitative estimate of drug-likeness (QED) is 0.832. The van der Waals surface area contributed by atoms with Crippen LogP contribution in [0.2, 0.25) is 0 Å². The third kappa shape index (κ3) is 4.13. The second-order valence-electron chi connectivity index (χ2n) is 3.72. The fourth-order valence-electron chi connectivity index (χ4n) is 1.31. The van der Waals surface area contributed by atoms with E-state index >= 15 is 0 Å². The summed E-state index contributed by atoms with van der Waals surface area (Å²) < 4.78 is 0. The van der Waals surface area contributed by atoms with Gasteiger partial charge in [0.2, 0.25) is 0 Å². The number of nitrogens with zero attached hydrogens (tertiary/aromatic N) is 1. The largest absolute Gasteiger partial charge is 0.315 e. The number of thiazole rings is 1. The van der Waals surface area contributed by atoms with Crippen LogP contribution < -0.4 is 5.32 Å². The molecular formula is C11H20N2S2. The van der Waals surface area contributed by atoms with Crippen LogP contribution in [0, 0.1) is 0 Å². The van der Waals surface area contributed by atoms with E-state index in [1.165, 1.54) is 15.6 Å². The van der Waals surface area contributed by atoms with E-state index in [0.29, 0.717) is 5.25 Å². The van der Waals surface area contributed by atoms with Crippen LogP contribution in [0.3, 0.4) is 0 Å². The molecule has 0 atom stereocenters. The van der Waals surface area contributed by atoms with Crippen LogP contribution in [0.25, 0.3) is 0 Å². The van der Waals surface area contributed by atoms with Gasteiger partial charge in [-0.25, -0.2) is 4.98 Å². The van der Waals surface area contributed by atoms with E-state index in [0.717, 1.165) is 18.7 Å². The molecule has 0 spiro atoms. The maximum absolute atomic E-state index is 4.68. The zero-order valence-electron chi connectivity index (χ0n) is 9.96. The number of aryl methyl sites for hydroxylation is 1. The summed E-state index contributed by atoms with van der Waals surface area (Å²) >= 11 is 3.82. The molecule has 1 aromatic rings. The van der Waals surface area contributed by atoms with Crippen molar-refractivity contribution in [2.75, 3.05) is 7.05 Å². The maximum atomic E-state index is 4.68. The molecule has 0 aliphatic rings. The summed E-state index contributed by atoms with van der Waals surface area (Å²) in [5, 5.41) is 5.16. The third-order valence-corrected chi connectivity index (χ3v) is 4.42. The van der Waals surface area contributed by atoms with Crippen LogP contribution >= 0.6 is 23.1 Å².